The summed E-state index contributed by atoms with van der Waals surface area (Å²) < 4.78 is 23.7. The van der Waals surface area contributed by atoms with Crippen molar-refractivity contribution >= 4 is 33.1 Å². The molecule has 1 aromatic heterocycles. The number of nitrogens with two attached hydrogens (primary N) is 1. The standard InChI is InChI=1S/C21H31N7O3S/c1-4-17-20(23-8-9-28-12-10-27(2)11-13-28)26-21(18(25-17)19(22)29)24-15-6-5-7-16(14-15)32(3,30)31/h5-7,14H,4,8-13H2,1-3H3,(H2,22,29)(H2,23,24,26). The van der Waals surface area contributed by atoms with Crippen LogP contribution in [-0.4, -0.2) is 86.7 Å². The molecule has 0 spiro atoms. The number of carbonyl (C=O) groups is 1. The van der Waals surface area contributed by atoms with Gasteiger partial charge in [-0.2, -0.15) is 0 Å². The van der Waals surface area contributed by atoms with Crippen molar-refractivity contribution in [3.8, 4) is 0 Å². The van der Waals surface area contributed by atoms with Crippen LogP contribution in [0, 0.1) is 0 Å². The van der Waals surface area contributed by atoms with E-state index < -0.39 is 15.7 Å². The van der Waals surface area contributed by atoms with Crippen LogP contribution in [-0.2, 0) is 16.3 Å². The molecule has 4 N–H and O–H groups in total. The molecule has 1 aromatic carbocycles. The average molecular weight is 462 g/mol. The van der Waals surface area contributed by atoms with Crippen molar-refractivity contribution in [1.29, 1.82) is 0 Å². The number of likely N-dealkylation sites (N-methyl/N-ethyl adjacent to an activating group) is 1. The summed E-state index contributed by atoms with van der Waals surface area (Å²) in [5, 5.41) is 6.34. The number of piperazine rings is 1. The molecule has 0 aliphatic carbocycles. The second kappa shape index (κ2) is 10.2. The topological polar surface area (TPSA) is 134 Å². The van der Waals surface area contributed by atoms with E-state index in [1.165, 1.54) is 12.1 Å². The number of primary amides is 1. The Balaban J connectivity index is 1.81. The van der Waals surface area contributed by atoms with Crippen LogP contribution >= 0.6 is 0 Å². The van der Waals surface area contributed by atoms with E-state index in [4.69, 9.17) is 5.73 Å². The molecule has 2 heterocycles. The van der Waals surface area contributed by atoms with Crippen LogP contribution in [0.3, 0.4) is 0 Å². The Morgan fingerprint density at radius 2 is 1.88 bits per heavy atom. The Morgan fingerprint density at radius 1 is 1.16 bits per heavy atom. The van der Waals surface area contributed by atoms with E-state index in [1.54, 1.807) is 12.1 Å². The molecule has 174 valence electrons. The molecule has 1 aliphatic rings. The zero-order valence-electron chi connectivity index (χ0n) is 18.8. The third-order valence-electron chi connectivity index (χ3n) is 5.38. The fraction of sp³-hybridized carbons (Fsp3) is 0.476. The summed E-state index contributed by atoms with van der Waals surface area (Å²) in [5.74, 6) is 0.0498. The van der Waals surface area contributed by atoms with Gasteiger partial charge in [0, 0.05) is 51.2 Å². The summed E-state index contributed by atoms with van der Waals surface area (Å²) in [6.07, 6.45) is 1.72. The lowest BCUT2D eigenvalue weighted by molar-refractivity contribution is 0.0996. The van der Waals surface area contributed by atoms with Crippen LogP contribution in [0.5, 0.6) is 0 Å². The van der Waals surface area contributed by atoms with Gasteiger partial charge in [-0.25, -0.2) is 18.4 Å². The lowest BCUT2D eigenvalue weighted by Crippen LogP contribution is -2.45. The molecule has 0 atom stereocenters. The second-order valence-corrected chi connectivity index (χ2v) is 9.95. The Morgan fingerprint density at radius 3 is 2.50 bits per heavy atom. The predicted molar refractivity (Wildman–Crippen MR) is 125 cm³/mol. The van der Waals surface area contributed by atoms with Crippen LogP contribution < -0.4 is 16.4 Å². The van der Waals surface area contributed by atoms with Crippen molar-refractivity contribution < 1.29 is 13.2 Å². The lowest BCUT2D eigenvalue weighted by Gasteiger charge is -2.32. The van der Waals surface area contributed by atoms with Gasteiger partial charge in [0.1, 0.15) is 5.82 Å². The van der Waals surface area contributed by atoms with E-state index in [9.17, 15) is 13.2 Å². The number of amides is 1. The average Bonchev–Trinajstić information content (AvgIpc) is 2.74. The zero-order valence-corrected chi connectivity index (χ0v) is 19.6. The maximum atomic E-state index is 12.0. The number of sulfone groups is 1. The number of benzene rings is 1. The third-order valence-corrected chi connectivity index (χ3v) is 6.49. The number of rotatable bonds is 9. The van der Waals surface area contributed by atoms with Crippen molar-refractivity contribution in [3.63, 3.8) is 0 Å². The van der Waals surface area contributed by atoms with Crippen molar-refractivity contribution in [2.24, 2.45) is 5.73 Å². The number of anilines is 3. The zero-order chi connectivity index (χ0) is 23.3. The van der Waals surface area contributed by atoms with E-state index in [2.05, 4.69) is 37.4 Å². The number of aromatic nitrogens is 2. The first kappa shape index (κ1) is 23.9. The number of hydrogen-bond acceptors (Lipinski definition) is 9. The van der Waals surface area contributed by atoms with Gasteiger partial charge in [-0.1, -0.05) is 13.0 Å². The Hall–Kier alpha value is -2.76. The summed E-state index contributed by atoms with van der Waals surface area (Å²) in [6, 6.07) is 6.30. The third kappa shape index (κ3) is 6.15. The monoisotopic (exact) mass is 461 g/mol. The van der Waals surface area contributed by atoms with E-state index >= 15 is 0 Å². The maximum Gasteiger partial charge on any atom is 0.271 e. The van der Waals surface area contributed by atoms with Gasteiger partial charge < -0.3 is 21.3 Å². The maximum absolute atomic E-state index is 12.0. The van der Waals surface area contributed by atoms with E-state index in [-0.39, 0.29) is 16.4 Å². The molecular formula is C21H31N7O3S. The van der Waals surface area contributed by atoms with Crippen LogP contribution in [0.2, 0.25) is 0 Å². The lowest BCUT2D eigenvalue weighted by atomic mass is 10.2. The summed E-state index contributed by atoms with van der Waals surface area (Å²) in [7, 11) is -1.25. The van der Waals surface area contributed by atoms with Gasteiger partial charge in [0.05, 0.1) is 10.6 Å². The van der Waals surface area contributed by atoms with Crippen LogP contribution in [0.4, 0.5) is 17.3 Å². The number of hydrogen-bond donors (Lipinski definition) is 3. The fourth-order valence-electron chi connectivity index (χ4n) is 3.46. The summed E-state index contributed by atoms with van der Waals surface area (Å²) in [6.45, 7) is 7.63. The van der Waals surface area contributed by atoms with Gasteiger partial charge in [0.25, 0.3) is 5.91 Å². The van der Waals surface area contributed by atoms with Gasteiger partial charge >= 0.3 is 0 Å². The first-order valence-electron chi connectivity index (χ1n) is 10.6. The normalized spacial score (nSPS) is 15.5. The van der Waals surface area contributed by atoms with Gasteiger partial charge in [-0.3, -0.25) is 9.69 Å². The van der Waals surface area contributed by atoms with Gasteiger partial charge in [-0.05, 0) is 31.7 Å². The molecule has 3 rings (SSSR count). The van der Waals surface area contributed by atoms with Crippen LogP contribution in [0.15, 0.2) is 29.2 Å². The summed E-state index contributed by atoms with van der Waals surface area (Å²) in [5.41, 5.74) is 6.67. The quantitative estimate of drug-likeness (QED) is 0.499. The molecule has 1 aliphatic heterocycles. The van der Waals surface area contributed by atoms with Crippen LogP contribution in [0.25, 0.3) is 0 Å². The number of nitrogens with one attached hydrogen (secondary N) is 2. The fourth-order valence-corrected chi connectivity index (χ4v) is 4.13. The molecule has 0 saturated carbocycles. The molecule has 11 heteroatoms. The minimum atomic E-state index is -3.38. The van der Waals surface area contributed by atoms with Crippen molar-refractivity contribution in [3.05, 3.63) is 35.7 Å². The number of nitrogens with zero attached hydrogens (tertiary/aromatic N) is 4. The minimum Gasteiger partial charge on any atom is -0.367 e. The van der Waals surface area contributed by atoms with Crippen molar-refractivity contribution in [1.82, 2.24) is 19.8 Å². The van der Waals surface area contributed by atoms with Crippen LogP contribution in [0.1, 0.15) is 23.1 Å². The second-order valence-electron chi connectivity index (χ2n) is 7.93. The molecule has 0 unspecified atom stereocenters. The van der Waals surface area contributed by atoms with E-state index in [0.717, 1.165) is 39.0 Å². The highest BCUT2D eigenvalue weighted by molar-refractivity contribution is 7.90. The van der Waals surface area contributed by atoms with E-state index in [0.29, 0.717) is 30.2 Å². The minimum absolute atomic E-state index is 0.0104. The van der Waals surface area contributed by atoms with Gasteiger partial charge in [0.2, 0.25) is 0 Å². The van der Waals surface area contributed by atoms with Crippen molar-refractivity contribution in [2.75, 3.05) is 63.2 Å². The Kier molecular flexibility index (Phi) is 7.64. The summed E-state index contributed by atoms with van der Waals surface area (Å²) >= 11 is 0. The van der Waals surface area contributed by atoms with Gasteiger partial charge in [-0.15, -0.1) is 0 Å². The molecular weight excluding hydrogens is 430 g/mol. The largest absolute Gasteiger partial charge is 0.367 e. The molecule has 1 saturated heterocycles. The molecule has 1 amide bonds. The summed E-state index contributed by atoms with van der Waals surface area (Å²) in [4.78, 5) is 25.9. The molecule has 0 bridgehead atoms. The molecule has 10 nitrogen and oxygen atoms in total. The molecule has 1 fully saturated rings. The Bertz CT molecular complexity index is 1070. The highest BCUT2D eigenvalue weighted by atomic mass is 32.2. The number of carbonyl (C=O) groups excluding carboxylic acids is 1. The highest BCUT2D eigenvalue weighted by Gasteiger charge is 2.19. The smallest absolute Gasteiger partial charge is 0.271 e. The SMILES string of the molecule is CCc1nc(C(N)=O)c(Nc2cccc(S(C)(=O)=O)c2)nc1NCCN1CCN(C)CC1. The molecule has 32 heavy (non-hydrogen) atoms. The van der Waals surface area contributed by atoms with Crippen molar-refractivity contribution in [2.45, 2.75) is 18.2 Å². The Labute approximate surface area is 189 Å². The molecule has 0 radical (unpaired) electrons. The predicted octanol–water partition coefficient (Wildman–Crippen LogP) is 0.944. The first-order valence-corrected chi connectivity index (χ1v) is 12.5. The van der Waals surface area contributed by atoms with Gasteiger partial charge in [0.15, 0.2) is 21.3 Å². The number of aryl methyl sites for hydroxylation is 1. The molecule has 2 aromatic rings. The van der Waals surface area contributed by atoms with E-state index in [1.807, 2.05) is 6.92 Å². The first-order chi connectivity index (χ1) is 15.2. The highest BCUT2D eigenvalue weighted by Crippen LogP contribution is 2.24.